The summed E-state index contributed by atoms with van der Waals surface area (Å²) < 4.78 is 5.80. The number of halogens is 1. The number of nitrogens with one attached hydrogen (secondary N) is 2. The van der Waals surface area contributed by atoms with Gasteiger partial charge in [-0.1, -0.05) is 23.7 Å². The first-order chi connectivity index (χ1) is 14.8. The van der Waals surface area contributed by atoms with E-state index < -0.39 is 5.91 Å². The van der Waals surface area contributed by atoms with E-state index in [9.17, 15) is 9.90 Å². The van der Waals surface area contributed by atoms with Crippen LogP contribution in [0, 0.1) is 13.8 Å². The number of rotatable bonds is 3. The first-order valence-corrected chi connectivity index (χ1v) is 10.2. The minimum absolute atomic E-state index is 0.00946. The molecule has 0 bridgehead atoms. The summed E-state index contributed by atoms with van der Waals surface area (Å²) in [5.41, 5.74) is 4.59. The van der Waals surface area contributed by atoms with Gasteiger partial charge in [0.1, 0.15) is 11.3 Å². The summed E-state index contributed by atoms with van der Waals surface area (Å²) in [7, 11) is 0. The van der Waals surface area contributed by atoms with Crippen molar-refractivity contribution in [2.75, 3.05) is 5.32 Å². The number of carbonyl (C=O) groups is 1. The molecule has 3 aromatic carbocycles. The van der Waals surface area contributed by atoms with Crippen LogP contribution in [0.2, 0.25) is 5.02 Å². The molecule has 31 heavy (non-hydrogen) atoms. The van der Waals surface area contributed by atoms with Crippen molar-refractivity contribution in [2.24, 2.45) is 0 Å². The maximum absolute atomic E-state index is 12.5. The lowest BCUT2D eigenvalue weighted by Gasteiger charge is -2.11. The summed E-state index contributed by atoms with van der Waals surface area (Å²) in [6.07, 6.45) is 0. The molecule has 0 saturated heterocycles. The van der Waals surface area contributed by atoms with Crippen LogP contribution >= 0.6 is 23.8 Å². The van der Waals surface area contributed by atoms with Gasteiger partial charge in [0.05, 0.1) is 16.1 Å². The summed E-state index contributed by atoms with van der Waals surface area (Å²) in [5.74, 6) is -0.130. The topological polar surface area (TPSA) is 87.4 Å². The first kappa shape index (κ1) is 20.8. The zero-order chi connectivity index (χ0) is 22.1. The Hall–Kier alpha value is -3.42. The molecule has 0 saturated carbocycles. The molecule has 1 heterocycles. The fraction of sp³-hybridized carbons (Fsp3) is 0.0870. The molecule has 0 atom stereocenters. The standard InChI is InChI=1S/C23H18ClN3O3S/c1-12-3-6-15(17(24)9-12)21(29)27-23(31)25-14-5-8-19(28)16(11-14)22-26-18-7-4-13(2)10-20(18)30-22/h3-11,28H,1-2H3,(H2,25,27,29,31). The van der Waals surface area contributed by atoms with E-state index in [1.54, 1.807) is 30.3 Å². The lowest BCUT2D eigenvalue weighted by atomic mass is 10.1. The second-order valence-corrected chi connectivity index (χ2v) is 7.93. The predicted molar refractivity (Wildman–Crippen MR) is 126 cm³/mol. The minimum atomic E-state index is -0.421. The number of oxazole rings is 1. The predicted octanol–water partition coefficient (Wildman–Crippen LogP) is 5.60. The van der Waals surface area contributed by atoms with Crippen molar-refractivity contribution in [3.8, 4) is 17.2 Å². The molecule has 8 heteroatoms. The summed E-state index contributed by atoms with van der Waals surface area (Å²) in [6, 6.07) is 15.6. The van der Waals surface area contributed by atoms with E-state index in [4.69, 9.17) is 28.2 Å². The van der Waals surface area contributed by atoms with Gasteiger partial charge in [-0.15, -0.1) is 0 Å². The molecule has 1 aromatic heterocycles. The van der Waals surface area contributed by atoms with E-state index in [-0.39, 0.29) is 16.8 Å². The number of phenolic OH excluding ortho intramolecular Hbond substituents is 1. The number of benzene rings is 3. The van der Waals surface area contributed by atoms with E-state index >= 15 is 0 Å². The SMILES string of the molecule is Cc1ccc(C(=O)NC(=S)Nc2ccc(O)c(-c3nc4ccc(C)cc4o3)c2)c(Cl)c1. The van der Waals surface area contributed by atoms with E-state index in [1.165, 1.54) is 6.07 Å². The van der Waals surface area contributed by atoms with E-state index in [1.807, 2.05) is 32.0 Å². The summed E-state index contributed by atoms with van der Waals surface area (Å²) in [5, 5.41) is 16.3. The molecule has 1 amide bonds. The van der Waals surface area contributed by atoms with Crippen molar-refractivity contribution in [1.82, 2.24) is 10.3 Å². The van der Waals surface area contributed by atoms with Crippen molar-refractivity contribution in [1.29, 1.82) is 0 Å². The van der Waals surface area contributed by atoms with Crippen LogP contribution in [0.15, 0.2) is 59.0 Å². The smallest absolute Gasteiger partial charge is 0.258 e. The number of thiocarbonyl (C=S) groups is 1. The van der Waals surface area contributed by atoms with Gasteiger partial charge < -0.3 is 14.8 Å². The van der Waals surface area contributed by atoms with Gasteiger partial charge in [-0.3, -0.25) is 10.1 Å². The van der Waals surface area contributed by atoms with Crippen molar-refractivity contribution < 1.29 is 14.3 Å². The number of anilines is 1. The Bertz CT molecular complexity index is 1330. The number of carbonyl (C=O) groups excluding carboxylic acids is 1. The highest BCUT2D eigenvalue weighted by Crippen LogP contribution is 2.33. The van der Waals surface area contributed by atoms with Gasteiger partial charge in [0.15, 0.2) is 10.7 Å². The van der Waals surface area contributed by atoms with Gasteiger partial charge in [0.25, 0.3) is 5.91 Å². The summed E-state index contributed by atoms with van der Waals surface area (Å²) in [6.45, 7) is 3.85. The number of aromatic hydroxyl groups is 1. The molecular formula is C23H18ClN3O3S. The highest BCUT2D eigenvalue weighted by molar-refractivity contribution is 7.80. The van der Waals surface area contributed by atoms with Crippen molar-refractivity contribution in [2.45, 2.75) is 13.8 Å². The Kier molecular flexibility index (Phi) is 5.63. The van der Waals surface area contributed by atoms with E-state index in [2.05, 4.69) is 15.6 Å². The number of nitrogens with zero attached hydrogens (tertiary/aromatic N) is 1. The molecule has 4 aromatic rings. The zero-order valence-electron chi connectivity index (χ0n) is 16.7. The maximum Gasteiger partial charge on any atom is 0.258 e. The largest absolute Gasteiger partial charge is 0.507 e. The Labute approximate surface area is 188 Å². The van der Waals surface area contributed by atoms with Crippen LogP contribution in [0.25, 0.3) is 22.6 Å². The van der Waals surface area contributed by atoms with Crippen LogP contribution in [0.5, 0.6) is 5.75 Å². The zero-order valence-corrected chi connectivity index (χ0v) is 18.3. The third-order valence-electron chi connectivity index (χ3n) is 4.63. The number of amides is 1. The molecular weight excluding hydrogens is 434 g/mol. The lowest BCUT2D eigenvalue weighted by molar-refractivity contribution is 0.0978. The molecule has 3 N–H and O–H groups in total. The van der Waals surface area contributed by atoms with Crippen LogP contribution in [-0.2, 0) is 0 Å². The molecule has 6 nitrogen and oxygen atoms in total. The Morgan fingerprint density at radius 2 is 1.81 bits per heavy atom. The van der Waals surface area contributed by atoms with Crippen LogP contribution in [-0.4, -0.2) is 21.1 Å². The number of aromatic nitrogens is 1. The van der Waals surface area contributed by atoms with Crippen LogP contribution < -0.4 is 10.6 Å². The van der Waals surface area contributed by atoms with Gasteiger partial charge >= 0.3 is 0 Å². The molecule has 0 aliphatic carbocycles. The van der Waals surface area contributed by atoms with Gasteiger partial charge in [0.2, 0.25) is 5.89 Å². The molecule has 0 aliphatic heterocycles. The van der Waals surface area contributed by atoms with Crippen LogP contribution in [0.1, 0.15) is 21.5 Å². The monoisotopic (exact) mass is 451 g/mol. The van der Waals surface area contributed by atoms with Crippen LogP contribution in [0.4, 0.5) is 5.69 Å². The Balaban J connectivity index is 1.53. The second-order valence-electron chi connectivity index (χ2n) is 7.11. The normalized spacial score (nSPS) is 10.8. The third kappa shape index (κ3) is 4.52. The number of hydrogen-bond acceptors (Lipinski definition) is 5. The van der Waals surface area contributed by atoms with Crippen molar-refractivity contribution in [3.63, 3.8) is 0 Å². The highest BCUT2D eigenvalue weighted by Gasteiger charge is 2.15. The summed E-state index contributed by atoms with van der Waals surface area (Å²) in [4.78, 5) is 16.9. The van der Waals surface area contributed by atoms with Gasteiger partial charge in [-0.05, 0) is 79.7 Å². The fourth-order valence-electron chi connectivity index (χ4n) is 3.07. The highest BCUT2D eigenvalue weighted by atomic mass is 35.5. The molecule has 156 valence electrons. The van der Waals surface area contributed by atoms with E-state index in [0.29, 0.717) is 32.9 Å². The molecule has 0 aliphatic rings. The first-order valence-electron chi connectivity index (χ1n) is 9.39. The lowest BCUT2D eigenvalue weighted by Crippen LogP contribution is -2.34. The molecule has 0 spiro atoms. The average molecular weight is 452 g/mol. The summed E-state index contributed by atoms with van der Waals surface area (Å²) >= 11 is 11.4. The molecule has 0 fully saturated rings. The molecule has 0 unspecified atom stereocenters. The molecule has 0 radical (unpaired) electrons. The van der Waals surface area contributed by atoms with Gasteiger partial charge in [-0.25, -0.2) is 4.98 Å². The van der Waals surface area contributed by atoms with E-state index in [0.717, 1.165) is 11.1 Å². The number of fused-ring (bicyclic) bond motifs is 1. The van der Waals surface area contributed by atoms with Crippen molar-refractivity contribution in [3.05, 3.63) is 76.3 Å². The quantitative estimate of drug-likeness (QED) is 0.277. The van der Waals surface area contributed by atoms with Crippen molar-refractivity contribution >= 4 is 51.6 Å². The average Bonchev–Trinajstić information content (AvgIpc) is 3.12. The van der Waals surface area contributed by atoms with Gasteiger partial charge in [-0.2, -0.15) is 0 Å². The van der Waals surface area contributed by atoms with Crippen LogP contribution in [0.3, 0.4) is 0 Å². The fourth-order valence-corrected chi connectivity index (χ4v) is 3.60. The Morgan fingerprint density at radius 3 is 2.58 bits per heavy atom. The number of hydrogen-bond donors (Lipinski definition) is 3. The minimum Gasteiger partial charge on any atom is -0.507 e. The second kappa shape index (κ2) is 8.37. The van der Waals surface area contributed by atoms with Gasteiger partial charge in [0, 0.05) is 5.69 Å². The number of phenols is 1. The maximum atomic E-state index is 12.5. The third-order valence-corrected chi connectivity index (χ3v) is 5.14. The molecule has 4 rings (SSSR count). The number of aryl methyl sites for hydroxylation is 2. The Morgan fingerprint density at radius 1 is 1.06 bits per heavy atom.